The molecule has 2 saturated heterocycles. The van der Waals surface area contributed by atoms with Crippen molar-refractivity contribution in [2.45, 2.75) is 63.5 Å². The molecule has 2 atom stereocenters. The summed E-state index contributed by atoms with van der Waals surface area (Å²) in [5.74, 6) is 0.614. The minimum atomic E-state index is 0. The Morgan fingerprint density at radius 3 is 2.00 bits per heavy atom. The molecular weight excluding hydrogens is 535 g/mol. The van der Waals surface area contributed by atoms with Gasteiger partial charge in [0, 0.05) is 13.2 Å². The number of likely N-dealkylation sites (tertiary alicyclic amines) is 2. The highest BCUT2D eigenvalue weighted by molar-refractivity contribution is 5.85. The Balaban J connectivity index is 0.00000185. The molecule has 3 nitrogen and oxygen atoms in total. The zero-order chi connectivity index (χ0) is 25.7. The standard InChI is InChI=1S/C35H44N2O.2ClH/c1-38-35-30(18-23-36-24-19-33(20-25-36)37-21-6-3-7-22-37)14-15-32-26-31(16-17-34(32)35)29-12-10-28(11-13-29)27-8-4-2-5-9-27;;/h2,4-5,8-13,16-17,26,30,33,35H,3,6-7,14-15,18-25H2,1H3;2*1H. The second-order valence-corrected chi connectivity index (χ2v) is 11.8. The van der Waals surface area contributed by atoms with Gasteiger partial charge in [-0.1, -0.05) is 79.2 Å². The van der Waals surface area contributed by atoms with Crippen LogP contribution in [0.15, 0.2) is 72.8 Å². The number of fused-ring (bicyclic) bond motifs is 1. The normalized spacial score (nSPS) is 22.1. The van der Waals surface area contributed by atoms with Gasteiger partial charge in [-0.3, -0.25) is 0 Å². The Hall–Kier alpha value is -1.88. The van der Waals surface area contributed by atoms with Crippen molar-refractivity contribution in [2.24, 2.45) is 5.92 Å². The van der Waals surface area contributed by atoms with Crippen molar-refractivity contribution < 1.29 is 4.74 Å². The lowest BCUT2D eigenvalue weighted by molar-refractivity contribution is 0.0284. The molecule has 0 aromatic heterocycles. The predicted molar refractivity (Wildman–Crippen MR) is 173 cm³/mol. The molecule has 6 rings (SSSR count). The Morgan fingerprint density at radius 1 is 0.700 bits per heavy atom. The number of benzene rings is 3. The van der Waals surface area contributed by atoms with Crippen molar-refractivity contribution in [1.82, 2.24) is 9.80 Å². The summed E-state index contributed by atoms with van der Waals surface area (Å²) in [5, 5.41) is 0. The fourth-order valence-corrected chi connectivity index (χ4v) is 7.27. The fourth-order valence-electron chi connectivity index (χ4n) is 7.27. The lowest BCUT2D eigenvalue weighted by atomic mass is 9.78. The number of halogens is 2. The van der Waals surface area contributed by atoms with Gasteiger partial charge in [0.05, 0.1) is 6.10 Å². The number of ether oxygens (including phenoxy) is 1. The van der Waals surface area contributed by atoms with E-state index in [-0.39, 0.29) is 30.9 Å². The van der Waals surface area contributed by atoms with Crippen LogP contribution in [0, 0.1) is 5.92 Å². The molecule has 0 N–H and O–H groups in total. The summed E-state index contributed by atoms with van der Waals surface area (Å²) >= 11 is 0. The summed E-state index contributed by atoms with van der Waals surface area (Å²) in [4.78, 5) is 5.51. The largest absolute Gasteiger partial charge is 0.376 e. The summed E-state index contributed by atoms with van der Waals surface area (Å²) in [6, 6.07) is 27.5. The Morgan fingerprint density at radius 2 is 1.32 bits per heavy atom. The first-order valence-corrected chi connectivity index (χ1v) is 15.1. The van der Waals surface area contributed by atoms with E-state index in [1.165, 1.54) is 111 Å². The van der Waals surface area contributed by atoms with E-state index < -0.39 is 0 Å². The summed E-state index contributed by atoms with van der Waals surface area (Å²) in [7, 11) is 1.91. The third-order valence-corrected chi connectivity index (χ3v) is 9.52. The average Bonchev–Trinajstić information content (AvgIpc) is 3.00. The molecule has 0 saturated carbocycles. The van der Waals surface area contributed by atoms with Crippen LogP contribution in [0.25, 0.3) is 22.3 Å². The molecule has 2 fully saturated rings. The smallest absolute Gasteiger partial charge is 0.0852 e. The van der Waals surface area contributed by atoms with Crippen molar-refractivity contribution >= 4 is 24.8 Å². The van der Waals surface area contributed by atoms with E-state index in [1.807, 2.05) is 7.11 Å². The quantitative estimate of drug-likeness (QED) is 0.279. The lowest BCUT2D eigenvalue weighted by Crippen LogP contribution is -2.47. The van der Waals surface area contributed by atoms with Crippen molar-refractivity contribution in [3.63, 3.8) is 0 Å². The number of nitrogens with zero attached hydrogens (tertiary/aromatic N) is 2. The topological polar surface area (TPSA) is 15.7 Å². The molecule has 1 aliphatic carbocycles. The number of hydrogen-bond donors (Lipinski definition) is 0. The number of aryl methyl sites for hydroxylation is 1. The molecule has 2 heterocycles. The van der Waals surface area contributed by atoms with Crippen LogP contribution in [0.5, 0.6) is 0 Å². The van der Waals surface area contributed by atoms with Gasteiger partial charge >= 0.3 is 0 Å². The molecular formula is C35H46Cl2N2O. The maximum atomic E-state index is 6.15. The van der Waals surface area contributed by atoms with Crippen LogP contribution in [-0.4, -0.2) is 55.7 Å². The molecule has 2 unspecified atom stereocenters. The Labute approximate surface area is 254 Å². The van der Waals surface area contributed by atoms with E-state index in [1.54, 1.807) is 0 Å². The van der Waals surface area contributed by atoms with Gasteiger partial charge in [0.15, 0.2) is 0 Å². The van der Waals surface area contributed by atoms with E-state index in [0.717, 1.165) is 12.5 Å². The second kappa shape index (κ2) is 14.8. The SMILES string of the molecule is COC1c2ccc(-c3ccc(-c4ccccc4)cc3)cc2CCC1CCN1CCC(N2CCCCC2)CC1.Cl.Cl. The summed E-state index contributed by atoms with van der Waals surface area (Å²) < 4.78 is 6.15. The van der Waals surface area contributed by atoms with Gasteiger partial charge in [-0.15, -0.1) is 24.8 Å². The summed E-state index contributed by atoms with van der Waals surface area (Å²) in [6.45, 7) is 6.44. The third kappa shape index (κ3) is 7.12. The highest BCUT2D eigenvalue weighted by Gasteiger charge is 2.31. The van der Waals surface area contributed by atoms with Crippen LogP contribution in [0.4, 0.5) is 0 Å². The second-order valence-electron chi connectivity index (χ2n) is 11.8. The van der Waals surface area contributed by atoms with Crippen LogP contribution in [0.1, 0.15) is 62.2 Å². The third-order valence-electron chi connectivity index (χ3n) is 9.52. The van der Waals surface area contributed by atoms with Crippen molar-refractivity contribution in [3.05, 3.63) is 83.9 Å². The van der Waals surface area contributed by atoms with Gasteiger partial charge in [0.1, 0.15) is 0 Å². The first-order valence-electron chi connectivity index (χ1n) is 15.1. The van der Waals surface area contributed by atoms with E-state index in [4.69, 9.17) is 4.74 Å². The molecule has 0 radical (unpaired) electrons. The van der Waals surface area contributed by atoms with Gasteiger partial charge < -0.3 is 14.5 Å². The van der Waals surface area contributed by atoms with Crippen molar-refractivity contribution in [1.29, 1.82) is 0 Å². The highest BCUT2D eigenvalue weighted by atomic mass is 35.5. The van der Waals surface area contributed by atoms with Gasteiger partial charge in [-0.25, -0.2) is 0 Å². The van der Waals surface area contributed by atoms with E-state index in [0.29, 0.717) is 5.92 Å². The van der Waals surface area contributed by atoms with Gasteiger partial charge in [-0.05, 0) is 117 Å². The van der Waals surface area contributed by atoms with E-state index in [9.17, 15) is 0 Å². The fraction of sp³-hybridized carbons (Fsp3) is 0.486. The number of methoxy groups -OCH3 is 1. The van der Waals surface area contributed by atoms with Crippen LogP contribution < -0.4 is 0 Å². The van der Waals surface area contributed by atoms with Crippen LogP contribution in [-0.2, 0) is 11.2 Å². The average molecular weight is 582 g/mol. The van der Waals surface area contributed by atoms with Crippen molar-refractivity contribution in [2.75, 3.05) is 39.8 Å². The number of piperidine rings is 2. The maximum Gasteiger partial charge on any atom is 0.0852 e. The minimum absolute atomic E-state index is 0. The molecule has 5 heteroatoms. The summed E-state index contributed by atoms with van der Waals surface area (Å²) in [5.41, 5.74) is 8.03. The molecule has 2 aliphatic heterocycles. The molecule has 3 aliphatic rings. The van der Waals surface area contributed by atoms with E-state index in [2.05, 4.69) is 82.6 Å². The maximum absolute atomic E-state index is 6.15. The Bertz CT molecular complexity index is 1170. The minimum Gasteiger partial charge on any atom is -0.376 e. The van der Waals surface area contributed by atoms with Crippen molar-refractivity contribution in [3.8, 4) is 22.3 Å². The molecule has 0 bridgehead atoms. The first kappa shape index (κ1) is 31.1. The highest BCUT2D eigenvalue weighted by Crippen LogP contribution is 2.40. The van der Waals surface area contributed by atoms with Gasteiger partial charge in [0.25, 0.3) is 0 Å². The zero-order valence-electron chi connectivity index (χ0n) is 24.0. The molecule has 216 valence electrons. The summed E-state index contributed by atoms with van der Waals surface area (Å²) in [6.07, 6.45) is 10.8. The van der Waals surface area contributed by atoms with Gasteiger partial charge in [-0.2, -0.15) is 0 Å². The lowest BCUT2D eigenvalue weighted by Gasteiger charge is -2.41. The monoisotopic (exact) mass is 580 g/mol. The molecule has 3 aromatic rings. The number of hydrogen-bond acceptors (Lipinski definition) is 3. The zero-order valence-corrected chi connectivity index (χ0v) is 25.6. The number of rotatable bonds is 7. The molecule has 0 spiro atoms. The van der Waals surface area contributed by atoms with Crippen LogP contribution in [0.3, 0.4) is 0 Å². The Kier molecular flexibility index (Phi) is 11.5. The van der Waals surface area contributed by atoms with Crippen LogP contribution >= 0.6 is 24.8 Å². The molecule has 3 aromatic carbocycles. The van der Waals surface area contributed by atoms with E-state index >= 15 is 0 Å². The molecule has 40 heavy (non-hydrogen) atoms. The molecule has 0 amide bonds. The first-order chi connectivity index (χ1) is 18.8. The van der Waals surface area contributed by atoms with Gasteiger partial charge in [0.2, 0.25) is 0 Å². The van der Waals surface area contributed by atoms with Crippen LogP contribution in [0.2, 0.25) is 0 Å². The predicted octanol–water partition coefficient (Wildman–Crippen LogP) is 8.45.